The zero-order valence-electron chi connectivity index (χ0n) is 10.6. The van der Waals surface area contributed by atoms with Crippen molar-refractivity contribution in [2.45, 2.75) is 17.7 Å². The van der Waals surface area contributed by atoms with Crippen LogP contribution in [-0.2, 0) is 11.2 Å². The summed E-state index contributed by atoms with van der Waals surface area (Å²) in [4.78, 5) is 17.3. The molecule has 2 aromatic rings. The van der Waals surface area contributed by atoms with E-state index in [0.29, 0.717) is 17.1 Å². The molecular weight excluding hydrogens is 300 g/mol. The molecule has 100 valence electrons. The number of hydrogen-bond acceptors (Lipinski definition) is 4. The summed E-state index contributed by atoms with van der Waals surface area (Å²) in [6.45, 7) is 1.93. The Morgan fingerprint density at radius 1 is 1.53 bits per heavy atom. The largest absolute Gasteiger partial charge is 0.326 e. The van der Waals surface area contributed by atoms with Crippen molar-refractivity contribution in [3.05, 3.63) is 39.9 Å². The van der Waals surface area contributed by atoms with Gasteiger partial charge in [-0.2, -0.15) is 0 Å². The number of aromatic nitrogens is 1. The molecule has 0 aliphatic heterocycles. The molecule has 1 heterocycles. The molecule has 1 N–H and O–H groups in total. The molecule has 19 heavy (non-hydrogen) atoms. The summed E-state index contributed by atoms with van der Waals surface area (Å²) >= 11 is 9.04. The molecule has 3 nitrogen and oxygen atoms in total. The van der Waals surface area contributed by atoms with Gasteiger partial charge in [-0.05, 0) is 31.4 Å². The van der Waals surface area contributed by atoms with Crippen molar-refractivity contribution in [1.29, 1.82) is 0 Å². The third-order valence-electron chi connectivity index (χ3n) is 2.48. The molecular formula is C13H13ClN2OS2. The van der Waals surface area contributed by atoms with E-state index in [2.05, 4.69) is 10.3 Å². The van der Waals surface area contributed by atoms with Gasteiger partial charge < -0.3 is 5.32 Å². The maximum atomic E-state index is 12.0. The van der Waals surface area contributed by atoms with E-state index in [9.17, 15) is 4.79 Å². The Morgan fingerprint density at radius 3 is 2.95 bits per heavy atom. The van der Waals surface area contributed by atoms with E-state index in [4.69, 9.17) is 11.6 Å². The fourth-order valence-corrected chi connectivity index (χ4v) is 3.41. The number of thioether (sulfide) groups is 1. The average molecular weight is 313 g/mol. The number of aryl methyl sites for hydroxylation is 1. The Balaban J connectivity index is 2.03. The zero-order chi connectivity index (χ0) is 13.8. The minimum Gasteiger partial charge on any atom is -0.326 e. The second kappa shape index (κ2) is 6.41. The molecule has 1 aromatic heterocycles. The maximum absolute atomic E-state index is 12.0. The van der Waals surface area contributed by atoms with Crippen LogP contribution in [0.3, 0.4) is 0 Å². The highest BCUT2D eigenvalue weighted by molar-refractivity contribution is 8.00. The van der Waals surface area contributed by atoms with Gasteiger partial charge in [0.15, 0.2) is 0 Å². The number of nitrogens with one attached hydrogen (secondary N) is 1. The fourth-order valence-electron chi connectivity index (χ4n) is 1.57. The Bertz CT molecular complexity index is 598. The van der Waals surface area contributed by atoms with E-state index in [-0.39, 0.29) is 5.91 Å². The second-order valence-electron chi connectivity index (χ2n) is 3.93. The number of benzene rings is 1. The number of hydrogen-bond donors (Lipinski definition) is 1. The van der Waals surface area contributed by atoms with E-state index in [0.717, 1.165) is 14.9 Å². The highest BCUT2D eigenvalue weighted by Crippen LogP contribution is 2.26. The Labute approximate surface area is 125 Å². The van der Waals surface area contributed by atoms with Gasteiger partial charge in [-0.15, -0.1) is 11.3 Å². The first-order chi connectivity index (χ1) is 9.08. The van der Waals surface area contributed by atoms with Crippen molar-refractivity contribution in [2.24, 2.45) is 0 Å². The number of rotatable bonds is 4. The molecule has 0 spiro atoms. The van der Waals surface area contributed by atoms with Crippen LogP contribution in [0.2, 0.25) is 5.02 Å². The van der Waals surface area contributed by atoms with Crippen molar-refractivity contribution in [2.75, 3.05) is 11.6 Å². The first kappa shape index (κ1) is 14.4. The van der Waals surface area contributed by atoms with Gasteiger partial charge in [-0.25, -0.2) is 4.98 Å². The number of anilines is 1. The lowest BCUT2D eigenvalue weighted by molar-refractivity contribution is -0.115. The quantitative estimate of drug-likeness (QED) is 0.867. The number of thiazole rings is 1. The standard InChI is InChI=1S/C13H13ClN2OS2/c1-8-11(19-13(15-8)18-2)7-12(17)16-10-5-3-4-9(14)6-10/h3-6H,7H2,1-2H3,(H,16,17). The van der Waals surface area contributed by atoms with Crippen LogP contribution in [0, 0.1) is 6.92 Å². The summed E-state index contributed by atoms with van der Waals surface area (Å²) in [5.74, 6) is -0.0540. The molecule has 0 atom stereocenters. The van der Waals surface area contributed by atoms with Gasteiger partial charge in [0.2, 0.25) is 5.91 Å². The van der Waals surface area contributed by atoms with Gasteiger partial charge >= 0.3 is 0 Å². The summed E-state index contributed by atoms with van der Waals surface area (Å²) < 4.78 is 0.989. The number of carbonyl (C=O) groups is 1. The van der Waals surface area contributed by atoms with E-state index in [1.807, 2.05) is 25.3 Å². The van der Waals surface area contributed by atoms with Crippen molar-refractivity contribution >= 4 is 46.3 Å². The van der Waals surface area contributed by atoms with Crippen LogP contribution >= 0.6 is 34.7 Å². The second-order valence-corrected chi connectivity index (χ2v) is 6.50. The summed E-state index contributed by atoms with van der Waals surface area (Å²) in [5, 5.41) is 3.44. The van der Waals surface area contributed by atoms with E-state index < -0.39 is 0 Å². The van der Waals surface area contributed by atoms with Gasteiger partial charge in [-0.1, -0.05) is 29.4 Å². The molecule has 1 amide bonds. The van der Waals surface area contributed by atoms with Crippen LogP contribution in [0.15, 0.2) is 28.6 Å². The van der Waals surface area contributed by atoms with Gasteiger partial charge in [0.05, 0.1) is 12.1 Å². The summed E-state index contributed by atoms with van der Waals surface area (Å²) in [7, 11) is 0. The van der Waals surface area contributed by atoms with Crippen molar-refractivity contribution in [3.8, 4) is 0 Å². The van der Waals surface area contributed by atoms with Gasteiger partial charge in [0.25, 0.3) is 0 Å². The Hall–Kier alpha value is -1.04. The lowest BCUT2D eigenvalue weighted by Gasteiger charge is -2.04. The molecule has 0 radical (unpaired) electrons. The highest BCUT2D eigenvalue weighted by atomic mass is 35.5. The van der Waals surface area contributed by atoms with Gasteiger partial charge in [0, 0.05) is 15.6 Å². The topological polar surface area (TPSA) is 42.0 Å². The zero-order valence-corrected chi connectivity index (χ0v) is 13.0. The first-order valence-corrected chi connectivity index (χ1v) is 8.06. The number of amides is 1. The van der Waals surface area contributed by atoms with E-state index in [1.54, 1.807) is 35.2 Å². The number of carbonyl (C=O) groups excluding carboxylic acids is 1. The Kier molecular flexibility index (Phi) is 4.85. The molecule has 0 bridgehead atoms. The molecule has 0 saturated carbocycles. The molecule has 2 rings (SSSR count). The molecule has 0 aliphatic rings. The number of nitrogens with zero attached hydrogens (tertiary/aromatic N) is 1. The lowest BCUT2D eigenvalue weighted by atomic mass is 10.2. The molecule has 0 saturated heterocycles. The summed E-state index contributed by atoms with van der Waals surface area (Å²) in [6, 6.07) is 7.12. The smallest absolute Gasteiger partial charge is 0.229 e. The van der Waals surface area contributed by atoms with Crippen molar-refractivity contribution in [1.82, 2.24) is 4.98 Å². The predicted molar refractivity (Wildman–Crippen MR) is 82.4 cm³/mol. The van der Waals surface area contributed by atoms with Crippen molar-refractivity contribution in [3.63, 3.8) is 0 Å². The predicted octanol–water partition coefficient (Wildman–Crippen LogP) is 4.01. The fraction of sp³-hybridized carbons (Fsp3) is 0.231. The lowest BCUT2D eigenvalue weighted by Crippen LogP contribution is -2.14. The Morgan fingerprint density at radius 2 is 2.32 bits per heavy atom. The van der Waals surface area contributed by atoms with E-state index in [1.165, 1.54) is 0 Å². The van der Waals surface area contributed by atoms with Crippen LogP contribution in [0.4, 0.5) is 5.69 Å². The SMILES string of the molecule is CSc1nc(C)c(CC(=O)Nc2cccc(Cl)c2)s1. The summed E-state index contributed by atoms with van der Waals surface area (Å²) in [6.07, 6.45) is 2.32. The minimum atomic E-state index is -0.0540. The van der Waals surface area contributed by atoms with Crippen LogP contribution in [-0.4, -0.2) is 17.1 Å². The van der Waals surface area contributed by atoms with Crippen LogP contribution < -0.4 is 5.32 Å². The number of halogens is 1. The normalized spacial score (nSPS) is 10.5. The average Bonchev–Trinajstić information content (AvgIpc) is 2.70. The minimum absolute atomic E-state index is 0.0540. The summed E-state index contributed by atoms with van der Waals surface area (Å²) in [5.41, 5.74) is 1.64. The van der Waals surface area contributed by atoms with Gasteiger partial charge in [0.1, 0.15) is 4.34 Å². The van der Waals surface area contributed by atoms with Crippen LogP contribution in [0.25, 0.3) is 0 Å². The third kappa shape index (κ3) is 3.96. The monoisotopic (exact) mass is 312 g/mol. The van der Waals surface area contributed by atoms with Crippen molar-refractivity contribution < 1.29 is 4.79 Å². The molecule has 0 fully saturated rings. The third-order valence-corrected chi connectivity index (χ3v) is 4.85. The molecule has 1 aromatic carbocycles. The van der Waals surface area contributed by atoms with Crippen LogP contribution in [0.1, 0.15) is 10.6 Å². The maximum Gasteiger partial charge on any atom is 0.229 e. The molecule has 0 unspecified atom stereocenters. The van der Waals surface area contributed by atoms with Gasteiger partial charge in [-0.3, -0.25) is 4.79 Å². The molecule has 6 heteroatoms. The highest BCUT2D eigenvalue weighted by Gasteiger charge is 2.11. The van der Waals surface area contributed by atoms with E-state index >= 15 is 0 Å². The van der Waals surface area contributed by atoms with Crippen LogP contribution in [0.5, 0.6) is 0 Å². The first-order valence-electron chi connectivity index (χ1n) is 5.64. The molecule has 0 aliphatic carbocycles.